The molecule has 0 spiro atoms. The number of hydrogen-bond acceptors (Lipinski definition) is 4. The largest absolute Gasteiger partial charge is 0.358 e. The van der Waals surface area contributed by atoms with Crippen LogP contribution in [0.1, 0.15) is 25.8 Å². The number of aromatic nitrogens is 1. The molecule has 1 aromatic heterocycles. The summed E-state index contributed by atoms with van der Waals surface area (Å²) in [5.41, 5.74) is 0.530. The molecule has 0 N–H and O–H groups in total. The first kappa shape index (κ1) is 10.7. The van der Waals surface area contributed by atoms with Crippen LogP contribution < -0.4 is 4.90 Å². The molecule has 3 nitrogen and oxygen atoms in total. The van der Waals surface area contributed by atoms with E-state index < -0.39 is 0 Å². The Balaban J connectivity index is 2.35. The Hall–Kier alpha value is -0.790. The van der Waals surface area contributed by atoms with Gasteiger partial charge < -0.3 is 4.90 Å². The first-order valence-electron chi connectivity index (χ1n) is 4.97. The molecule has 80 valence electrons. The topological polar surface area (TPSA) is 39.9 Å². The second-order valence-electron chi connectivity index (χ2n) is 3.97. The molecule has 15 heavy (non-hydrogen) atoms. The fraction of sp³-hybridized carbons (Fsp3) is 0.600. The molecular weight excluding hydrogens is 230 g/mol. The van der Waals surface area contributed by atoms with Crippen LogP contribution in [-0.4, -0.2) is 17.0 Å². The molecular formula is C10H12ClN3S. The van der Waals surface area contributed by atoms with E-state index in [1.165, 1.54) is 18.0 Å². The van der Waals surface area contributed by atoms with E-state index in [1.54, 1.807) is 0 Å². The summed E-state index contributed by atoms with van der Waals surface area (Å²) in [6.45, 7) is 5.42. The molecule has 1 fully saturated rings. The van der Waals surface area contributed by atoms with Gasteiger partial charge in [0.15, 0.2) is 5.15 Å². The second-order valence-corrected chi connectivity index (χ2v) is 5.08. The van der Waals surface area contributed by atoms with Crippen molar-refractivity contribution >= 4 is 28.1 Å². The van der Waals surface area contributed by atoms with Crippen LogP contribution >= 0.6 is 23.1 Å². The lowest BCUT2D eigenvalue weighted by Crippen LogP contribution is -2.28. The summed E-state index contributed by atoms with van der Waals surface area (Å²) in [5, 5.41) is 10.3. The summed E-state index contributed by atoms with van der Waals surface area (Å²) in [6.07, 6.45) is 1.17. The highest BCUT2D eigenvalue weighted by atomic mass is 35.5. The van der Waals surface area contributed by atoms with Gasteiger partial charge in [-0.1, -0.05) is 18.5 Å². The number of halogens is 1. The Morgan fingerprint density at radius 1 is 1.60 bits per heavy atom. The fourth-order valence-corrected chi connectivity index (χ4v) is 3.08. The highest BCUT2D eigenvalue weighted by Gasteiger charge is 2.31. The van der Waals surface area contributed by atoms with Gasteiger partial charge in [0.2, 0.25) is 0 Å². The molecule has 2 rings (SSSR count). The molecule has 1 aliphatic rings. The predicted octanol–water partition coefficient (Wildman–Crippen LogP) is 2.90. The van der Waals surface area contributed by atoms with Gasteiger partial charge in [-0.3, -0.25) is 0 Å². The monoisotopic (exact) mass is 241 g/mol. The van der Waals surface area contributed by atoms with Crippen LogP contribution in [0.5, 0.6) is 0 Å². The predicted molar refractivity (Wildman–Crippen MR) is 62.4 cm³/mol. The van der Waals surface area contributed by atoms with Crippen molar-refractivity contribution in [3.63, 3.8) is 0 Å². The third-order valence-electron chi connectivity index (χ3n) is 3.15. The van der Waals surface area contributed by atoms with Crippen LogP contribution in [0.15, 0.2) is 0 Å². The van der Waals surface area contributed by atoms with Gasteiger partial charge in [0.25, 0.3) is 0 Å². The normalized spacial score (nSPS) is 25.6. The fourth-order valence-electron chi connectivity index (χ4n) is 1.93. The van der Waals surface area contributed by atoms with Gasteiger partial charge in [0.05, 0.1) is 0 Å². The Morgan fingerprint density at radius 3 is 2.87 bits per heavy atom. The molecule has 5 heteroatoms. The minimum Gasteiger partial charge on any atom is -0.358 e. The average Bonchev–Trinajstić information content (AvgIpc) is 2.73. The third kappa shape index (κ3) is 1.70. The lowest BCUT2D eigenvalue weighted by molar-refractivity contribution is 0.547. The minimum absolute atomic E-state index is 0.337. The maximum atomic E-state index is 9.01. The van der Waals surface area contributed by atoms with Crippen LogP contribution in [0.4, 0.5) is 5.00 Å². The smallest absolute Gasteiger partial charge is 0.162 e. The quantitative estimate of drug-likeness (QED) is 0.759. The molecule has 0 aliphatic carbocycles. The first-order chi connectivity index (χ1) is 7.15. The van der Waals surface area contributed by atoms with E-state index in [0.29, 0.717) is 22.7 Å². The van der Waals surface area contributed by atoms with E-state index in [-0.39, 0.29) is 0 Å². The molecule has 2 heterocycles. The number of hydrogen-bond donors (Lipinski definition) is 0. The van der Waals surface area contributed by atoms with Gasteiger partial charge in [0.1, 0.15) is 16.6 Å². The second kappa shape index (κ2) is 3.99. The molecule has 1 aromatic rings. The zero-order valence-corrected chi connectivity index (χ0v) is 10.3. The third-order valence-corrected chi connectivity index (χ3v) is 4.40. The van der Waals surface area contributed by atoms with E-state index in [1.807, 2.05) is 0 Å². The highest BCUT2D eigenvalue weighted by Crippen LogP contribution is 2.37. The van der Waals surface area contributed by atoms with Gasteiger partial charge in [0, 0.05) is 12.6 Å². The van der Waals surface area contributed by atoms with Crippen LogP contribution in [0.25, 0.3) is 0 Å². The number of rotatable bonds is 1. The van der Waals surface area contributed by atoms with Crippen LogP contribution in [-0.2, 0) is 0 Å². The van der Waals surface area contributed by atoms with Crippen molar-refractivity contribution < 1.29 is 0 Å². The van der Waals surface area contributed by atoms with Crippen molar-refractivity contribution in [3.8, 4) is 6.07 Å². The van der Waals surface area contributed by atoms with E-state index in [2.05, 4.69) is 29.2 Å². The summed E-state index contributed by atoms with van der Waals surface area (Å²) in [4.78, 5) is 2.24. The Morgan fingerprint density at radius 2 is 2.33 bits per heavy atom. The van der Waals surface area contributed by atoms with Gasteiger partial charge in [-0.05, 0) is 30.8 Å². The van der Waals surface area contributed by atoms with Gasteiger partial charge >= 0.3 is 0 Å². The highest BCUT2D eigenvalue weighted by molar-refractivity contribution is 7.10. The molecule has 0 amide bonds. The maximum absolute atomic E-state index is 9.01. The lowest BCUT2D eigenvalue weighted by Gasteiger charge is -2.23. The molecule has 0 aromatic carbocycles. The van der Waals surface area contributed by atoms with Crippen molar-refractivity contribution in [2.75, 3.05) is 11.4 Å². The first-order valence-corrected chi connectivity index (χ1v) is 6.12. The van der Waals surface area contributed by atoms with E-state index >= 15 is 0 Å². The Kier molecular flexibility index (Phi) is 2.85. The van der Waals surface area contributed by atoms with Gasteiger partial charge in [-0.15, -0.1) is 0 Å². The van der Waals surface area contributed by atoms with E-state index in [9.17, 15) is 0 Å². The number of nitrogens with zero attached hydrogens (tertiary/aromatic N) is 3. The summed E-state index contributed by atoms with van der Waals surface area (Å²) >= 11 is 7.18. The standard InChI is InChI=1S/C10H12ClN3S/c1-6-3-4-14(7(6)2)10-8(5-12)9(11)13-15-10/h6-7H,3-4H2,1-2H3. The Bertz CT molecular complexity index is 409. The molecule has 1 aliphatic heterocycles. The number of anilines is 1. The summed E-state index contributed by atoms with van der Waals surface area (Å²) < 4.78 is 4.03. The van der Waals surface area contributed by atoms with Crippen LogP contribution in [0.2, 0.25) is 5.15 Å². The lowest BCUT2D eigenvalue weighted by atomic mass is 10.1. The van der Waals surface area contributed by atoms with Gasteiger partial charge in [-0.25, -0.2) is 0 Å². The minimum atomic E-state index is 0.337. The summed E-state index contributed by atoms with van der Waals surface area (Å²) in [7, 11) is 0. The molecule has 2 unspecified atom stereocenters. The van der Waals surface area contributed by atoms with Crippen molar-refractivity contribution in [2.24, 2.45) is 5.92 Å². The van der Waals surface area contributed by atoms with Gasteiger partial charge in [-0.2, -0.15) is 9.64 Å². The molecule has 0 saturated carbocycles. The van der Waals surface area contributed by atoms with Crippen molar-refractivity contribution in [1.82, 2.24) is 4.37 Å². The zero-order valence-electron chi connectivity index (χ0n) is 8.70. The van der Waals surface area contributed by atoms with Crippen LogP contribution in [0, 0.1) is 17.2 Å². The van der Waals surface area contributed by atoms with Crippen LogP contribution in [0.3, 0.4) is 0 Å². The molecule has 0 radical (unpaired) electrons. The molecule has 1 saturated heterocycles. The SMILES string of the molecule is CC1CCN(c2snc(Cl)c2C#N)C1C. The zero-order chi connectivity index (χ0) is 11.0. The van der Waals surface area contributed by atoms with Crippen molar-refractivity contribution in [3.05, 3.63) is 10.7 Å². The Labute approximate surface area is 98.4 Å². The summed E-state index contributed by atoms with van der Waals surface area (Å²) in [5.74, 6) is 0.664. The maximum Gasteiger partial charge on any atom is 0.162 e. The van der Waals surface area contributed by atoms with E-state index in [4.69, 9.17) is 16.9 Å². The summed E-state index contributed by atoms with van der Waals surface area (Å²) in [6, 6.07) is 2.60. The molecule has 2 atom stereocenters. The van der Waals surface area contributed by atoms with E-state index in [0.717, 1.165) is 11.5 Å². The van der Waals surface area contributed by atoms with Crippen molar-refractivity contribution in [2.45, 2.75) is 26.3 Å². The number of nitriles is 1. The molecule has 0 bridgehead atoms. The average molecular weight is 242 g/mol. The van der Waals surface area contributed by atoms with Crippen molar-refractivity contribution in [1.29, 1.82) is 5.26 Å².